The third-order valence-electron chi connectivity index (χ3n) is 7.40. The van der Waals surface area contributed by atoms with E-state index < -0.39 is 36.7 Å². The van der Waals surface area contributed by atoms with Crippen LogP contribution in [0.25, 0.3) is 0 Å². The fourth-order valence-corrected chi connectivity index (χ4v) is 4.79. The average Bonchev–Trinajstić information content (AvgIpc) is 3.42. The van der Waals surface area contributed by atoms with Crippen LogP contribution in [0, 0.1) is 13.8 Å². The number of nitrogens with zero attached hydrogens (tertiary/aromatic N) is 1. The average molecular weight is 586 g/mol. The van der Waals surface area contributed by atoms with Gasteiger partial charge in [0.25, 0.3) is 5.91 Å². The quantitative estimate of drug-likeness (QED) is 0.228. The second kappa shape index (κ2) is 16.7. The Kier molecular flexibility index (Phi) is 13.1. The first-order valence-corrected chi connectivity index (χ1v) is 14.5. The van der Waals surface area contributed by atoms with Crippen LogP contribution in [0.3, 0.4) is 0 Å². The summed E-state index contributed by atoms with van der Waals surface area (Å²) in [5, 5.41) is 18.7. The van der Waals surface area contributed by atoms with Crippen molar-refractivity contribution in [3.63, 3.8) is 0 Å². The van der Waals surface area contributed by atoms with E-state index in [1.807, 2.05) is 18.2 Å². The standard InChI is InChI=1S/C32H43NO9/c1-22-12-13-24(18-23(22)2)10-7-5-9-17-39-29(30(32(37)38)40-20-28(34)35)31(36)33(3)16-8-4-6-11-25-14-15-26-27(19-25)42-21-41-26/h12-15,18-19,29-30H,4-11,16-17,20-21H2,1-3H3,(H,34,35)(H,37,38). The van der Waals surface area contributed by atoms with Crippen LogP contribution in [0.2, 0.25) is 0 Å². The van der Waals surface area contributed by atoms with Crippen molar-refractivity contribution in [3.05, 3.63) is 58.7 Å². The summed E-state index contributed by atoms with van der Waals surface area (Å²) in [6.45, 7) is 4.13. The minimum atomic E-state index is -1.72. The van der Waals surface area contributed by atoms with Crippen LogP contribution in [0.5, 0.6) is 11.5 Å². The van der Waals surface area contributed by atoms with Crippen molar-refractivity contribution < 1.29 is 43.5 Å². The first-order chi connectivity index (χ1) is 20.2. The number of rotatable bonds is 19. The van der Waals surface area contributed by atoms with Crippen molar-refractivity contribution in [1.29, 1.82) is 0 Å². The Morgan fingerprint density at radius 3 is 2.17 bits per heavy atom. The summed E-state index contributed by atoms with van der Waals surface area (Å²) in [5.41, 5.74) is 4.92. The second-order valence-corrected chi connectivity index (χ2v) is 10.7. The number of likely N-dealkylation sites (N-methyl/N-ethyl adjacent to an activating group) is 1. The van der Waals surface area contributed by atoms with Gasteiger partial charge in [0.05, 0.1) is 0 Å². The summed E-state index contributed by atoms with van der Waals surface area (Å²) in [6, 6.07) is 12.3. The molecule has 42 heavy (non-hydrogen) atoms. The van der Waals surface area contributed by atoms with E-state index in [0.29, 0.717) is 19.4 Å². The van der Waals surface area contributed by atoms with E-state index in [0.717, 1.165) is 55.6 Å². The number of amides is 1. The SMILES string of the molecule is Cc1ccc(CCCCCOC(C(=O)N(C)CCCCCc2ccc3c(c2)OCO3)C(OCC(=O)O)C(=O)O)cc1C. The molecule has 1 heterocycles. The molecular weight excluding hydrogens is 542 g/mol. The van der Waals surface area contributed by atoms with Gasteiger partial charge < -0.3 is 34.1 Å². The Labute approximate surface area is 247 Å². The van der Waals surface area contributed by atoms with Gasteiger partial charge in [-0.05, 0) is 86.8 Å². The molecule has 10 heteroatoms. The molecular formula is C32H43NO9. The number of hydrogen-bond acceptors (Lipinski definition) is 7. The van der Waals surface area contributed by atoms with Crippen molar-refractivity contribution in [2.24, 2.45) is 0 Å². The third kappa shape index (κ3) is 10.3. The lowest BCUT2D eigenvalue weighted by atomic mass is 10.0. The smallest absolute Gasteiger partial charge is 0.336 e. The molecule has 2 atom stereocenters. The molecule has 230 valence electrons. The van der Waals surface area contributed by atoms with Crippen molar-refractivity contribution in [2.45, 2.75) is 77.4 Å². The number of benzene rings is 2. The van der Waals surface area contributed by atoms with Gasteiger partial charge in [-0.25, -0.2) is 9.59 Å². The van der Waals surface area contributed by atoms with E-state index in [9.17, 15) is 19.5 Å². The predicted octanol–water partition coefficient (Wildman–Crippen LogP) is 4.56. The van der Waals surface area contributed by atoms with Crippen molar-refractivity contribution in [1.82, 2.24) is 4.90 Å². The van der Waals surface area contributed by atoms with Gasteiger partial charge in [-0.1, -0.05) is 37.1 Å². The molecule has 0 radical (unpaired) electrons. The van der Waals surface area contributed by atoms with Crippen molar-refractivity contribution in [2.75, 3.05) is 33.6 Å². The van der Waals surface area contributed by atoms with Crippen LogP contribution in [0.1, 0.15) is 60.8 Å². The Morgan fingerprint density at radius 1 is 0.810 bits per heavy atom. The summed E-state index contributed by atoms with van der Waals surface area (Å²) in [4.78, 5) is 37.7. The fraction of sp³-hybridized carbons (Fsp3) is 0.531. The summed E-state index contributed by atoms with van der Waals surface area (Å²) in [7, 11) is 1.59. The molecule has 0 aromatic heterocycles. The number of aliphatic carboxylic acids is 2. The topological polar surface area (TPSA) is 132 Å². The predicted molar refractivity (Wildman–Crippen MR) is 156 cm³/mol. The van der Waals surface area contributed by atoms with Crippen LogP contribution in [0.15, 0.2) is 36.4 Å². The minimum Gasteiger partial charge on any atom is -0.480 e. The number of carboxylic acid groups (broad SMARTS) is 2. The minimum absolute atomic E-state index is 0.160. The summed E-state index contributed by atoms with van der Waals surface area (Å²) in [5.74, 6) is -1.81. The number of unbranched alkanes of at least 4 members (excludes halogenated alkanes) is 4. The van der Waals surface area contributed by atoms with Gasteiger partial charge in [0.15, 0.2) is 23.7 Å². The van der Waals surface area contributed by atoms with Crippen LogP contribution < -0.4 is 9.47 Å². The van der Waals surface area contributed by atoms with Gasteiger partial charge in [0.2, 0.25) is 6.79 Å². The van der Waals surface area contributed by atoms with Gasteiger partial charge in [-0.3, -0.25) is 4.79 Å². The highest BCUT2D eigenvalue weighted by Gasteiger charge is 2.37. The Hall–Kier alpha value is -3.63. The number of fused-ring (bicyclic) bond motifs is 1. The highest BCUT2D eigenvalue weighted by Crippen LogP contribution is 2.32. The molecule has 2 N–H and O–H groups in total. The highest BCUT2D eigenvalue weighted by atomic mass is 16.7. The van der Waals surface area contributed by atoms with Gasteiger partial charge in [-0.2, -0.15) is 0 Å². The zero-order valence-corrected chi connectivity index (χ0v) is 24.8. The molecule has 1 aliphatic heterocycles. The maximum atomic E-state index is 13.3. The van der Waals surface area contributed by atoms with Gasteiger partial charge in [0.1, 0.15) is 6.61 Å². The number of carbonyl (C=O) groups is 3. The largest absolute Gasteiger partial charge is 0.480 e. The second-order valence-electron chi connectivity index (χ2n) is 10.7. The highest BCUT2D eigenvalue weighted by molar-refractivity contribution is 5.88. The van der Waals surface area contributed by atoms with Crippen molar-refractivity contribution >= 4 is 17.8 Å². The normalized spacial score (nSPS) is 13.5. The molecule has 2 unspecified atom stereocenters. The Balaban J connectivity index is 1.46. The number of aryl methyl sites for hydroxylation is 4. The third-order valence-corrected chi connectivity index (χ3v) is 7.40. The lowest BCUT2D eigenvalue weighted by Crippen LogP contribution is -2.50. The first kappa shape index (κ1) is 32.9. The molecule has 0 fully saturated rings. The Morgan fingerprint density at radius 2 is 1.48 bits per heavy atom. The van der Waals surface area contributed by atoms with E-state index in [1.165, 1.54) is 21.6 Å². The number of carbonyl (C=O) groups excluding carboxylic acids is 1. The van der Waals surface area contributed by atoms with Crippen LogP contribution in [-0.2, 0) is 36.7 Å². The zero-order valence-electron chi connectivity index (χ0n) is 24.8. The molecule has 3 rings (SSSR count). The summed E-state index contributed by atoms with van der Waals surface area (Å²) < 4.78 is 21.6. The number of ether oxygens (including phenoxy) is 4. The molecule has 0 spiro atoms. The summed E-state index contributed by atoms with van der Waals surface area (Å²) in [6.07, 6.45) is 3.47. The molecule has 0 saturated carbocycles. The number of carboxylic acids is 2. The molecule has 1 amide bonds. The van der Waals surface area contributed by atoms with E-state index in [2.05, 4.69) is 32.0 Å². The lowest BCUT2D eigenvalue weighted by Gasteiger charge is -2.27. The van der Waals surface area contributed by atoms with E-state index in [4.69, 9.17) is 24.1 Å². The number of hydrogen-bond donors (Lipinski definition) is 2. The Bertz CT molecular complexity index is 1200. The van der Waals surface area contributed by atoms with E-state index in [-0.39, 0.29) is 13.4 Å². The molecule has 2 aromatic carbocycles. The van der Waals surface area contributed by atoms with Gasteiger partial charge in [-0.15, -0.1) is 0 Å². The zero-order chi connectivity index (χ0) is 30.5. The molecule has 2 aromatic rings. The van der Waals surface area contributed by atoms with Crippen LogP contribution >= 0.6 is 0 Å². The molecule has 10 nitrogen and oxygen atoms in total. The maximum Gasteiger partial charge on any atom is 0.336 e. The molecule has 0 bridgehead atoms. The summed E-state index contributed by atoms with van der Waals surface area (Å²) >= 11 is 0. The fourth-order valence-electron chi connectivity index (χ4n) is 4.79. The maximum absolute atomic E-state index is 13.3. The molecule has 1 aliphatic rings. The molecule has 0 saturated heterocycles. The van der Waals surface area contributed by atoms with Gasteiger partial charge in [0, 0.05) is 20.2 Å². The first-order valence-electron chi connectivity index (χ1n) is 14.5. The van der Waals surface area contributed by atoms with Crippen molar-refractivity contribution in [3.8, 4) is 11.5 Å². The monoisotopic (exact) mass is 585 g/mol. The lowest BCUT2D eigenvalue weighted by molar-refractivity contribution is -0.175. The van der Waals surface area contributed by atoms with E-state index in [1.54, 1.807) is 7.05 Å². The van der Waals surface area contributed by atoms with Crippen LogP contribution in [-0.4, -0.2) is 78.8 Å². The van der Waals surface area contributed by atoms with Gasteiger partial charge >= 0.3 is 11.9 Å². The molecule has 0 aliphatic carbocycles. The van der Waals surface area contributed by atoms with Crippen LogP contribution in [0.4, 0.5) is 0 Å². The van der Waals surface area contributed by atoms with E-state index >= 15 is 0 Å².